The first-order valence-electron chi connectivity index (χ1n) is 6.79. The lowest BCUT2D eigenvalue weighted by Gasteiger charge is -2.23. The van der Waals surface area contributed by atoms with Crippen LogP contribution < -0.4 is 5.32 Å². The van der Waals surface area contributed by atoms with Gasteiger partial charge in [0, 0.05) is 18.2 Å². The highest BCUT2D eigenvalue weighted by atomic mass is 35.5. The van der Waals surface area contributed by atoms with E-state index in [4.69, 9.17) is 11.6 Å². The summed E-state index contributed by atoms with van der Waals surface area (Å²) in [5.74, 6) is 1.10. The molecule has 1 N–H and O–H groups in total. The molecule has 1 aromatic rings. The molecule has 0 saturated heterocycles. The van der Waals surface area contributed by atoms with Crippen molar-refractivity contribution < 1.29 is 9.72 Å². The van der Waals surface area contributed by atoms with E-state index in [0.717, 1.165) is 12.3 Å². The predicted molar refractivity (Wildman–Crippen MR) is 74.8 cm³/mol. The first-order chi connectivity index (χ1) is 9.54. The van der Waals surface area contributed by atoms with Crippen molar-refractivity contribution in [2.24, 2.45) is 11.8 Å². The van der Waals surface area contributed by atoms with Crippen molar-refractivity contribution >= 4 is 23.2 Å². The quantitative estimate of drug-likeness (QED) is 0.687. The fourth-order valence-electron chi connectivity index (χ4n) is 3.47. The van der Waals surface area contributed by atoms with E-state index in [1.807, 2.05) is 0 Å². The van der Waals surface area contributed by atoms with Crippen LogP contribution in [0.1, 0.15) is 36.0 Å². The minimum atomic E-state index is -0.524. The molecule has 2 aliphatic rings. The minimum absolute atomic E-state index is 0.105. The van der Waals surface area contributed by atoms with Gasteiger partial charge in [0.15, 0.2) is 0 Å². The second kappa shape index (κ2) is 5.05. The molecule has 20 heavy (non-hydrogen) atoms. The molecule has 106 valence electrons. The maximum atomic E-state index is 12.2. The second-order valence-electron chi connectivity index (χ2n) is 5.68. The molecule has 0 heterocycles. The molecule has 2 saturated carbocycles. The zero-order valence-electron chi connectivity index (χ0n) is 10.8. The monoisotopic (exact) mass is 294 g/mol. The van der Waals surface area contributed by atoms with E-state index in [-0.39, 0.29) is 22.7 Å². The second-order valence-corrected chi connectivity index (χ2v) is 6.08. The van der Waals surface area contributed by atoms with Gasteiger partial charge in [-0.1, -0.05) is 18.0 Å². The van der Waals surface area contributed by atoms with Crippen LogP contribution in [0.2, 0.25) is 5.02 Å². The molecular weight excluding hydrogens is 280 g/mol. The Labute approximate surface area is 121 Å². The number of hydrogen-bond acceptors (Lipinski definition) is 3. The number of halogens is 1. The Hall–Kier alpha value is -1.62. The SMILES string of the molecule is O=C(N[C@H]1C[C@@H]2CC[C@@H]1C2)c1ccc([N+](=O)[O-])cc1Cl. The number of nitro groups is 1. The highest BCUT2D eigenvalue weighted by Gasteiger charge is 2.40. The summed E-state index contributed by atoms with van der Waals surface area (Å²) in [5, 5.41) is 13.8. The summed E-state index contributed by atoms with van der Waals surface area (Å²) in [6, 6.07) is 4.18. The topological polar surface area (TPSA) is 72.2 Å². The average Bonchev–Trinajstić information content (AvgIpc) is 3.00. The molecule has 1 amide bonds. The zero-order chi connectivity index (χ0) is 14.3. The highest BCUT2D eigenvalue weighted by molar-refractivity contribution is 6.34. The van der Waals surface area contributed by atoms with Crippen LogP contribution in [0.4, 0.5) is 5.69 Å². The molecule has 1 aromatic carbocycles. The lowest BCUT2D eigenvalue weighted by molar-refractivity contribution is -0.384. The lowest BCUT2D eigenvalue weighted by Crippen LogP contribution is -2.38. The van der Waals surface area contributed by atoms with E-state index in [2.05, 4.69) is 5.32 Å². The van der Waals surface area contributed by atoms with Gasteiger partial charge >= 0.3 is 0 Å². The molecule has 2 aliphatic carbocycles. The number of nitro benzene ring substituents is 1. The summed E-state index contributed by atoms with van der Waals surface area (Å²) in [6.07, 6.45) is 4.71. The van der Waals surface area contributed by atoms with Crippen molar-refractivity contribution in [1.29, 1.82) is 0 Å². The summed E-state index contributed by atoms with van der Waals surface area (Å²) < 4.78 is 0. The molecule has 0 aliphatic heterocycles. The number of nitrogens with one attached hydrogen (secondary N) is 1. The number of amides is 1. The third-order valence-electron chi connectivity index (χ3n) is 4.46. The number of carbonyl (C=O) groups is 1. The normalized spacial score (nSPS) is 27.6. The Morgan fingerprint density at radius 2 is 2.15 bits per heavy atom. The summed E-state index contributed by atoms with van der Waals surface area (Å²) in [7, 11) is 0. The maximum Gasteiger partial charge on any atom is 0.270 e. The maximum absolute atomic E-state index is 12.2. The van der Waals surface area contributed by atoms with Gasteiger partial charge in [-0.15, -0.1) is 0 Å². The fourth-order valence-corrected chi connectivity index (χ4v) is 3.73. The fraction of sp³-hybridized carbons (Fsp3) is 0.500. The molecule has 2 fully saturated rings. The lowest BCUT2D eigenvalue weighted by atomic mass is 9.95. The van der Waals surface area contributed by atoms with Gasteiger partial charge in [-0.3, -0.25) is 14.9 Å². The van der Waals surface area contributed by atoms with E-state index >= 15 is 0 Å². The summed E-state index contributed by atoms with van der Waals surface area (Å²) in [6.45, 7) is 0. The minimum Gasteiger partial charge on any atom is -0.349 e. The van der Waals surface area contributed by atoms with Crippen molar-refractivity contribution in [2.45, 2.75) is 31.7 Å². The van der Waals surface area contributed by atoms with Gasteiger partial charge in [-0.25, -0.2) is 0 Å². The number of non-ortho nitro benzene ring substituents is 1. The molecule has 3 rings (SSSR count). The van der Waals surface area contributed by atoms with Crippen LogP contribution in [-0.4, -0.2) is 16.9 Å². The van der Waals surface area contributed by atoms with E-state index in [0.29, 0.717) is 11.5 Å². The average molecular weight is 295 g/mol. The van der Waals surface area contributed by atoms with Crippen molar-refractivity contribution in [3.05, 3.63) is 38.9 Å². The van der Waals surface area contributed by atoms with E-state index in [1.165, 1.54) is 37.5 Å². The van der Waals surface area contributed by atoms with Crippen LogP contribution in [0.3, 0.4) is 0 Å². The Bertz CT molecular complexity index is 576. The van der Waals surface area contributed by atoms with Crippen LogP contribution in [0.5, 0.6) is 0 Å². The number of rotatable bonds is 3. The number of hydrogen-bond donors (Lipinski definition) is 1. The number of nitrogens with zero attached hydrogens (tertiary/aromatic N) is 1. The highest BCUT2D eigenvalue weighted by Crippen LogP contribution is 2.44. The molecular formula is C14H15ClN2O3. The largest absolute Gasteiger partial charge is 0.349 e. The van der Waals surface area contributed by atoms with E-state index < -0.39 is 4.92 Å². The first-order valence-corrected chi connectivity index (χ1v) is 7.17. The molecule has 6 heteroatoms. The van der Waals surface area contributed by atoms with Gasteiger partial charge in [0.2, 0.25) is 0 Å². The molecule has 5 nitrogen and oxygen atoms in total. The Morgan fingerprint density at radius 1 is 1.35 bits per heavy atom. The zero-order valence-corrected chi connectivity index (χ0v) is 11.6. The van der Waals surface area contributed by atoms with Crippen molar-refractivity contribution in [2.75, 3.05) is 0 Å². The van der Waals surface area contributed by atoms with Crippen LogP contribution in [0.15, 0.2) is 18.2 Å². The van der Waals surface area contributed by atoms with Gasteiger partial charge in [0.05, 0.1) is 15.5 Å². The third-order valence-corrected chi connectivity index (χ3v) is 4.78. The third kappa shape index (κ3) is 2.38. The summed E-state index contributed by atoms with van der Waals surface area (Å²) in [4.78, 5) is 22.3. The van der Waals surface area contributed by atoms with Gasteiger partial charge in [-0.2, -0.15) is 0 Å². The summed E-state index contributed by atoms with van der Waals surface area (Å²) in [5.41, 5.74) is 0.200. The van der Waals surface area contributed by atoms with Crippen molar-refractivity contribution in [3.63, 3.8) is 0 Å². The van der Waals surface area contributed by atoms with Gasteiger partial charge < -0.3 is 5.32 Å². The van der Waals surface area contributed by atoms with E-state index in [1.54, 1.807) is 0 Å². The van der Waals surface area contributed by atoms with Crippen molar-refractivity contribution in [1.82, 2.24) is 5.32 Å². The van der Waals surface area contributed by atoms with Crippen molar-refractivity contribution in [3.8, 4) is 0 Å². The van der Waals surface area contributed by atoms with Gasteiger partial charge in [-0.05, 0) is 37.2 Å². The Balaban J connectivity index is 1.72. The molecule has 2 bridgehead atoms. The van der Waals surface area contributed by atoms with Gasteiger partial charge in [0.1, 0.15) is 0 Å². The molecule has 0 radical (unpaired) electrons. The van der Waals surface area contributed by atoms with E-state index in [9.17, 15) is 14.9 Å². The molecule has 0 spiro atoms. The standard InChI is InChI=1S/C14H15ClN2O3/c15-12-7-10(17(19)20)3-4-11(12)14(18)16-13-6-8-1-2-9(13)5-8/h3-4,7-9,13H,1-2,5-6H2,(H,16,18)/t8-,9-,13+/m1/s1. The molecule has 0 unspecified atom stereocenters. The predicted octanol–water partition coefficient (Wildman–Crippen LogP) is 3.17. The van der Waals surface area contributed by atoms with Crippen LogP contribution >= 0.6 is 11.6 Å². The number of carbonyl (C=O) groups excluding carboxylic acids is 1. The summed E-state index contributed by atoms with van der Waals surface area (Å²) >= 11 is 5.97. The van der Waals surface area contributed by atoms with Crippen LogP contribution in [0, 0.1) is 22.0 Å². The smallest absolute Gasteiger partial charge is 0.270 e. The first kappa shape index (κ1) is 13.4. The van der Waals surface area contributed by atoms with Crippen LogP contribution in [0.25, 0.3) is 0 Å². The Morgan fingerprint density at radius 3 is 2.70 bits per heavy atom. The van der Waals surface area contributed by atoms with Gasteiger partial charge in [0.25, 0.3) is 11.6 Å². The van der Waals surface area contributed by atoms with Crippen LogP contribution in [-0.2, 0) is 0 Å². The number of benzene rings is 1. The number of fused-ring (bicyclic) bond motifs is 2. The Kier molecular flexibility index (Phi) is 3.38. The molecule has 0 aromatic heterocycles. The molecule has 3 atom stereocenters.